The van der Waals surface area contributed by atoms with Crippen LogP contribution in [-0.4, -0.2) is 29.9 Å². The van der Waals surface area contributed by atoms with E-state index in [2.05, 4.69) is 46.6 Å². The van der Waals surface area contributed by atoms with Crippen molar-refractivity contribution in [2.24, 2.45) is 5.92 Å². The first kappa shape index (κ1) is 23.3. The molecule has 3 aromatic rings. The van der Waals surface area contributed by atoms with Gasteiger partial charge in [0.15, 0.2) is 0 Å². The molecule has 2 aliphatic rings. The van der Waals surface area contributed by atoms with Crippen molar-refractivity contribution < 1.29 is 4.79 Å². The Morgan fingerprint density at radius 3 is 2.51 bits per heavy atom. The summed E-state index contributed by atoms with van der Waals surface area (Å²) in [4.78, 5) is 15.5. The molecule has 0 bridgehead atoms. The molecule has 0 spiro atoms. The number of benzene rings is 3. The number of hydrogen-bond donors (Lipinski definition) is 1. The molecule has 0 atom stereocenters. The highest BCUT2D eigenvalue weighted by Gasteiger charge is 2.24. The Morgan fingerprint density at radius 2 is 1.71 bits per heavy atom. The molecule has 1 fully saturated rings. The molecular formula is C31H33N3O. The number of carbonyl (C=O) groups is 1. The van der Waals surface area contributed by atoms with Crippen molar-refractivity contribution in [3.63, 3.8) is 0 Å². The summed E-state index contributed by atoms with van der Waals surface area (Å²) in [5, 5.41) is 12.4. The van der Waals surface area contributed by atoms with E-state index in [9.17, 15) is 4.79 Å². The third-order valence-corrected chi connectivity index (χ3v) is 7.69. The van der Waals surface area contributed by atoms with Gasteiger partial charge < -0.3 is 5.32 Å². The van der Waals surface area contributed by atoms with E-state index in [0.717, 1.165) is 67.1 Å². The zero-order valence-corrected chi connectivity index (χ0v) is 20.2. The number of nitrogens with zero attached hydrogens (tertiary/aromatic N) is 2. The lowest BCUT2D eigenvalue weighted by Gasteiger charge is -2.33. The minimum absolute atomic E-state index is 0.0396. The fraction of sp³-hybridized carbons (Fsp3) is 0.355. The molecule has 1 heterocycles. The molecule has 0 radical (unpaired) electrons. The first-order chi connectivity index (χ1) is 17.2. The van der Waals surface area contributed by atoms with Crippen LogP contribution >= 0.6 is 0 Å². The van der Waals surface area contributed by atoms with Gasteiger partial charge in [0.05, 0.1) is 11.6 Å². The van der Waals surface area contributed by atoms with Crippen LogP contribution in [0.1, 0.15) is 59.2 Å². The van der Waals surface area contributed by atoms with Crippen LogP contribution in [0.3, 0.4) is 0 Å². The van der Waals surface area contributed by atoms with Crippen molar-refractivity contribution in [3.8, 4) is 17.2 Å². The van der Waals surface area contributed by atoms with Gasteiger partial charge in [0.25, 0.3) is 5.91 Å². The normalized spacial score (nSPS) is 20.0. The molecule has 178 valence electrons. The number of nitriles is 1. The van der Waals surface area contributed by atoms with E-state index < -0.39 is 0 Å². The summed E-state index contributed by atoms with van der Waals surface area (Å²) in [6, 6.07) is 26.8. The molecule has 1 N–H and O–H groups in total. The predicted octanol–water partition coefficient (Wildman–Crippen LogP) is 5.96. The molecule has 0 unspecified atom stereocenters. The minimum atomic E-state index is 0.0396. The van der Waals surface area contributed by atoms with E-state index in [1.807, 2.05) is 42.5 Å². The number of fused-ring (bicyclic) bond motifs is 1. The highest BCUT2D eigenvalue weighted by atomic mass is 16.1. The molecule has 1 saturated carbocycles. The maximum absolute atomic E-state index is 12.9. The van der Waals surface area contributed by atoms with Crippen LogP contribution in [0.25, 0.3) is 11.1 Å². The number of nitrogens with one attached hydrogen (secondary N) is 1. The lowest BCUT2D eigenvalue weighted by molar-refractivity contribution is 0.0919. The predicted molar refractivity (Wildman–Crippen MR) is 140 cm³/mol. The number of rotatable bonds is 6. The second kappa shape index (κ2) is 10.9. The number of hydrogen-bond acceptors (Lipinski definition) is 3. The van der Waals surface area contributed by atoms with Gasteiger partial charge in [-0.25, -0.2) is 0 Å². The molecule has 1 aliphatic heterocycles. The summed E-state index contributed by atoms with van der Waals surface area (Å²) in [6.45, 7) is 3.21. The molecular weight excluding hydrogens is 430 g/mol. The van der Waals surface area contributed by atoms with Gasteiger partial charge in [-0.1, -0.05) is 48.5 Å². The Balaban J connectivity index is 1.07. The standard InChI is InChI=1S/C31H33N3O/c32-21-24-9-12-29-22-34(18-16-27(29)19-24)17-15-23-10-13-30(14-11-23)33-31(35)28-8-4-7-26(20-28)25-5-2-1-3-6-25/h1-9,12,19-20,23,30H,10-11,13-18,22H2,(H,33,35). The maximum atomic E-state index is 12.9. The Bertz CT molecular complexity index is 1210. The molecule has 35 heavy (non-hydrogen) atoms. The Morgan fingerprint density at radius 1 is 0.914 bits per heavy atom. The van der Waals surface area contributed by atoms with Gasteiger partial charge in [0.1, 0.15) is 0 Å². The average molecular weight is 464 g/mol. The van der Waals surface area contributed by atoms with Crippen LogP contribution in [0.5, 0.6) is 0 Å². The zero-order valence-electron chi connectivity index (χ0n) is 20.2. The van der Waals surface area contributed by atoms with Crippen LogP contribution in [0.4, 0.5) is 0 Å². The van der Waals surface area contributed by atoms with Gasteiger partial charge in [-0.3, -0.25) is 9.69 Å². The van der Waals surface area contributed by atoms with Crippen molar-refractivity contribution >= 4 is 5.91 Å². The van der Waals surface area contributed by atoms with E-state index >= 15 is 0 Å². The minimum Gasteiger partial charge on any atom is -0.349 e. The van der Waals surface area contributed by atoms with E-state index in [1.165, 1.54) is 30.4 Å². The lowest BCUT2D eigenvalue weighted by atomic mass is 9.83. The van der Waals surface area contributed by atoms with Crippen LogP contribution in [0.15, 0.2) is 72.8 Å². The van der Waals surface area contributed by atoms with Crippen LogP contribution < -0.4 is 5.32 Å². The van der Waals surface area contributed by atoms with Gasteiger partial charge in [-0.05, 0) is 97.5 Å². The smallest absolute Gasteiger partial charge is 0.251 e. The van der Waals surface area contributed by atoms with Crippen LogP contribution in [0.2, 0.25) is 0 Å². The summed E-state index contributed by atoms with van der Waals surface area (Å²) >= 11 is 0. The van der Waals surface area contributed by atoms with E-state index in [1.54, 1.807) is 0 Å². The van der Waals surface area contributed by atoms with Crippen LogP contribution in [-0.2, 0) is 13.0 Å². The Labute approximate surface area is 208 Å². The second-order valence-electron chi connectivity index (χ2n) is 10.0. The number of amides is 1. The fourth-order valence-electron chi connectivity index (χ4n) is 5.57. The third-order valence-electron chi connectivity index (χ3n) is 7.69. The van der Waals surface area contributed by atoms with Gasteiger partial charge in [-0.15, -0.1) is 0 Å². The summed E-state index contributed by atoms with van der Waals surface area (Å²) in [6.07, 6.45) is 6.76. The van der Waals surface area contributed by atoms with Crippen LogP contribution in [0, 0.1) is 17.2 Å². The Kier molecular flexibility index (Phi) is 7.25. The van der Waals surface area contributed by atoms with Crippen molar-refractivity contribution in [1.82, 2.24) is 10.2 Å². The van der Waals surface area contributed by atoms with Crippen molar-refractivity contribution in [1.29, 1.82) is 5.26 Å². The highest BCUT2D eigenvalue weighted by Crippen LogP contribution is 2.29. The van der Waals surface area contributed by atoms with E-state index in [0.29, 0.717) is 0 Å². The first-order valence-corrected chi connectivity index (χ1v) is 12.9. The largest absolute Gasteiger partial charge is 0.349 e. The monoisotopic (exact) mass is 463 g/mol. The van der Waals surface area contributed by atoms with E-state index in [-0.39, 0.29) is 11.9 Å². The molecule has 3 aromatic carbocycles. The molecule has 5 rings (SSSR count). The SMILES string of the molecule is N#Cc1ccc2c(c1)CCN(CCC1CCC(NC(=O)c3cccc(-c4ccccc4)c3)CC1)C2. The van der Waals surface area contributed by atoms with Gasteiger partial charge in [0, 0.05) is 24.7 Å². The summed E-state index contributed by atoms with van der Waals surface area (Å²) in [5.74, 6) is 0.782. The summed E-state index contributed by atoms with van der Waals surface area (Å²) in [7, 11) is 0. The highest BCUT2D eigenvalue weighted by molar-refractivity contribution is 5.95. The molecule has 4 nitrogen and oxygen atoms in total. The van der Waals surface area contributed by atoms with Crippen molar-refractivity contribution in [2.75, 3.05) is 13.1 Å². The van der Waals surface area contributed by atoms with Gasteiger partial charge >= 0.3 is 0 Å². The van der Waals surface area contributed by atoms with Gasteiger partial charge in [0.2, 0.25) is 0 Å². The van der Waals surface area contributed by atoms with Gasteiger partial charge in [-0.2, -0.15) is 5.26 Å². The third kappa shape index (κ3) is 5.81. The number of carbonyl (C=O) groups excluding carboxylic acids is 1. The molecule has 1 amide bonds. The molecule has 0 saturated heterocycles. The first-order valence-electron chi connectivity index (χ1n) is 12.9. The summed E-state index contributed by atoms with van der Waals surface area (Å²) < 4.78 is 0. The maximum Gasteiger partial charge on any atom is 0.251 e. The second-order valence-corrected chi connectivity index (χ2v) is 10.0. The van der Waals surface area contributed by atoms with Crippen molar-refractivity contribution in [2.45, 2.75) is 51.1 Å². The molecule has 0 aromatic heterocycles. The summed E-state index contributed by atoms with van der Waals surface area (Å²) in [5.41, 5.74) is 6.43. The zero-order chi connectivity index (χ0) is 24.0. The average Bonchev–Trinajstić information content (AvgIpc) is 2.93. The fourth-order valence-corrected chi connectivity index (χ4v) is 5.57. The lowest BCUT2D eigenvalue weighted by Crippen LogP contribution is -2.38. The Hall–Kier alpha value is -3.42. The molecule has 4 heteroatoms. The topological polar surface area (TPSA) is 56.1 Å². The molecule has 1 aliphatic carbocycles. The quantitative estimate of drug-likeness (QED) is 0.491. The van der Waals surface area contributed by atoms with Crippen molar-refractivity contribution in [3.05, 3.63) is 95.1 Å². The van der Waals surface area contributed by atoms with E-state index in [4.69, 9.17) is 5.26 Å².